The second-order valence-corrected chi connectivity index (χ2v) is 10.2. The maximum absolute atomic E-state index is 6.24. The van der Waals surface area contributed by atoms with Crippen LogP contribution in [0.15, 0.2) is 36.4 Å². The van der Waals surface area contributed by atoms with Gasteiger partial charge in [0.05, 0.1) is 23.3 Å². The molecular formula is C25H32Cl2NOS. The molecule has 0 saturated carbocycles. The highest BCUT2D eigenvalue weighted by atomic mass is 35.5. The normalized spacial score (nSPS) is 16.0. The zero-order chi connectivity index (χ0) is 21.3. The Kier molecular flexibility index (Phi) is 9.86. The number of ether oxygens (including phenoxy) is 1. The third kappa shape index (κ3) is 7.17. The molecule has 1 unspecified atom stereocenters. The number of hydrogen-bond acceptors (Lipinski definition) is 3. The van der Waals surface area contributed by atoms with Crippen molar-refractivity contribution < 1.29 is 4.74 Å². The Morgan fingerprint density at radius 2 is 1.73 bits per heavy atom. The van der Waals surface area contributed by atoms with Crippen molar-refractivity contribution in [1.82, 2.24) is 4.90 Å². The van der Waals surface area contributed by atoms with E-state index in [-0.39, 0.29) is 0 Å². The van der Waals surface area contributed by atoms with Gasteiger partial charge in [-0.2, -0.15) is 11.8 Å². The molecule has 1 fully saturated rings. The largest absolute Gasteiger partial charge is 0.375 e. The minimum atomic E-state index is 0.345. The van der Waals surface area contributed by atoms with Crippen LogP contribution in [-0.4, -0.2) is 42.1 Å². The van der Waals surface area contributed by atoms with E-state index >= 15 is 0 Å². The number of benzene rings is 2. The van der Waals surface area contributed by atoms with Gasteiger partial charge in [0.2, 0.25) is 0 Å². The summed E-state index contributed by atoms with van der Waals surface area (Å²) < 4.78 is 6.12. The van der Waals surface area contributed by atoms with Gasteiger partial charge in [-0.15, -0.1) is 0 Å². The zero-order valence-corrected chi connectivity index (χ0v) is 20.2. The van der Waals surface area contributed by atoms with Crippen molar-refractivity contribution in [3.63, 3.8) is 0 Å². The van der Waals surface area contributed by atoms with Crippen molar-refractivity contribution in [1.29, 1.82) is 0 Å². The van der Waals surface area contributed by atoms with Crippen molar-refractivity contribution >= 4 is 35.0 Å². The van der Waals surface area contributed by atoms with E-state index in [1.165, 1.54) is 43.5 Å². The quantitative estimate of drug-likeness (QED) is 0.346. The lowest BCUT2D eigenvalue weighted by Gasteiger charge is -2.26. The molecule has 1 radical (unpaired) electrons. The number of likely N-dealkylation sites (tertiary alicyclic amines) is 1. The van der Waals surface area contributed by atoms with E-state index in [9.17, 15) is 0 Å². The summed E-state index contributed by atoms with van der Waals surface area (Å²) >= 11 is 14.2. The van der Waals surface area contributed by atoms with E-state index in [1.54, 1.807) is 0 Å². The SMILES string of the molecule is [CH2]C(Cc1ccc(-c2ccc(Cl)c(Cl)c2)cc1COCCN1CCCCC1)SCC. The Morgan fingerprint density at radius 3 is 2.47 bits per heavy atom. The van der Waals surface area contributed by atoms with Crippen LogP contribution in [0.3, 0.4) is 0 Å². The van der Waals surface area contributed by atoms with Crippen molar-refractivity contribution in [2.45, 2.75) is 44.5 Å². The van der Waals surface area contributed by atoms with Gasteiger partial charge in [0.1, 0.15) is 0 Å². The molecule has 1 saturated heterocycles. The highest BCUT2D eigenvalue weighted by Gasteiger charge is 2.12. The van der Waals surface area contributed by atoms with Gasteiger partial charge in [-0.05, 0) is 85.5 Å². The smallest absolute Gasteiger partial charge is 0.0720 e. The van der Waals surface area contributed by atoms with Gasteiger partial charge >= 0.3 is 0 Å². The van der Waals surface area contributed by atoms with Crippen LogP contribution in [-0.2, 0) is 17.8 Å². The molecule has 0 spiro atoms. The van der Waals surface area contributed by atoms with E-state index in [2.05, 4.69) is 36.9 Å². The Morgan fingerprint density at radius 1 is 1.00 bits per heavy atom. The predicted molar refractivity (Wildman–Crippen MR) is 133 cm³/mol. The van der Waals surface area contributed by atoms with Gasteiger partial charge in [-0.3, -0.25) is 0 Å². The van der Waals surface area contributed by atoms with Gasteiger partial charge < -0.3 is 9.64 Å². The lowest BCUT2D eigenvalue weighted by atomic mass is 9.97. The van der Waals surface area contributed by atoms with E-state index in [4.69, 9.17) is 27.9 Å². The number of piperidine rings is 1. The fraction of sp³-hybridized carbons (Fsp3) is 0.480. The lowest BCUT2D eigenvalue weighted by Crippen LogP contribution is -2.32. The summed E-state index contributed by atoms with van der Waals surface area (Å²) in [5, 5.41) is 1.50. The standard InChI is InChI=1S/C25H32Cl2NOS/c1-3-30-19(2)15-20-7-8-21(22-9-10-24(26)25(27)17-22)16-23(20)18-29-14-13-28-11-5-4-6-12-28/h7-10,16-17,19H,2-6,11-15,18H2,1H3. The molecular weight excluding hydrogens is 433 g/mol. The topological polar surface area (TPSA) is 12.5 Å². The molecule has 0 bridgehead atoms. The van der Waals surface area contributed by atoms with Gasteiger partial charge in [0.25, 0.3) is 0 Å². The Hall–Kier alpha value is -0.710. The first-order valence-corrected chi connectivity index (χ1v) is 12.7. The molecule has 1 aliphatic rings. The van der Waals surface area contributed by atoms with Crippen molar-refractivity contribution in [2.75, 3.05) is 32.0 Å². The fourth-order valence-electron chi connectivity index (χ4n) is 3.91. The summed E-state index contributed by atoms with van der Waals surface area (Å²) in [6, 6.07) is 12.4. The average molecular weight is 466 g/mol. The number of hydrogen-bond donors (Lipinski definition) is 0. The van der Waals surface area contributed by atoms with E-state index in [1.807, 2.05) is 30.0 Å². The molecule has 2 nitrogen and oxygen atoms in total. The van der Waals surface area contributed by atoms with Gasteiger partial charge in [0.15, 0.2) is 0 Å². The van der Waals surface area contributed by atoms with Crippen LogP contribution in [0.1, 0.15) is 37.3 Å². The summed E-state index contributed by atoms with van der Waals surface area (Å²) in [4.78, 5) is 2.51. The average Bonchev–Trinajstić information content (AvgIpc) is 2.75. The molecule has 3 rings (SSSR count). The first-order valence-electron chi connectivity index (χ1n) is 10.9. The molecule has 1 heterocycles. The first-order chi connectivity index (χ1) is 14.6. The Bertz CT molecular complexity index is 808. The minimum absolute atomic E-state index is 0.345. The summed E-state index contributed by atoms with van der Waals surface area (Å²) in [5.74, 6) is 1.08. The Balaban J connectivity index is 1.70. The maximum atomic E-state index is 6.24. The van der Waals surface area contributed by atoms with Crippen LogP contribution in [0.5, 0.6) is 0 Å². The summed E-state index contributed by atoms with van der Waals surface area (Å²) in [5.41, 5.74) is 4.76. The van der Waals surface area contributed by atoms with Gasteiger partial charge in [-0.1, -0.05) is 54.7 Å². The van der Waals surface area contributed by atoms with E-state index in [0.717, 1.165) is 36.5 Å². The molecule has 0 amide bonds. The van der Waals surface area contributed by atoms with Crippen molar-refractivity contribution in [3.05, 3.63) is 64.5 Å². The monoisotopic (exact) mass is 464 g/mol. The Labute approximate surface area is 196 Å². The summed E-state index contributed by atoms with van der Waals surface area (Å²) in [6.07, 6.45) is 4.95. The van der Waals surface area contributed by atoms with Crippen LogP contribution >= 0.6 is 35.0 Å². The van der Waals surface area contributed by atoms with Crippen LogP contribution < -0.4 is 0 Å². The fourth-order valence-corrected chi connectivity index (χ4v) is 4.98. The van der Waals surface area contributed by atoms with Crippen molar-refractivity contribution in [2.24, 2.45) is 0 Å². The molecule has 1 aliphatic heterocycles. The van der Waals surface area contributed by atoms with Crippen LogP contribution in [0.4, 0.5) is 0 Å². The molecule has 163 valence electrons. The molecule has 0 aliphatic carbocycles. The molecule has 30 heavy (non-hydrogen) atoms. The molecule has 5 heteroatoms. The number of rotatable bonds is 10. The molecule has 1 atom stereocenters. The van der Waals surface area contributed by atoms with Gasteiger partial charge in [-0.25, -0.2) is 0 Å². The van der Waals surface area contributed by atoms with E-state index < -0.39 is 0 Å². The predicted octanol–water partition coefficient (Wildman–Crippen LogP) is 7.16. The minimum Gasteiger partial charge on any atom is -0.375 e. The van der Waals surface area contributed by atoms with E-state index in [0.29, 0.717) is 21.9 Å². The van der Waals surface area contributed by atoms with Crippen LogP contribution in [0.25, 0.3) is 11.1 Å². The first kappa shape index (κ1) is 23.9. The third-order valence-electron chi connectivity index (χ3n) is 5.57. The number of thioether (sulfide) groups is 1. The highest BCUT2D eigenvalue weighted by Crippen LogP contribution is 2.30. The second-order valence-electron chi connectivity index (χ2n) is 7.85. The zero-order valence-electron chi connectivity index (χ0n) is 17.8. The maximum Gasteiger partial charge on any atom is 0.0720 e. The molecule has 2 aromatic carbocycles. The highest BCUT2D eigenvalue weighted by molar-refractivity contribution is 7.99. The second kappa shape index (κ2) is 12.4. The molecule has 2 aromatic rings. The summed E-state index contributed by atoms with van der Waals surface area (Å²) in [7, 11) is 0. The van der Waals surface area contributed by atoms with Crippen LogP contribution in [0, 0.1) is 6.92 Å². The molecule has 0 N–H and O–H groups in total. The molecule has 0 aromatic heterocycles. The van der Waals surface area contributed by atoms with Crippen molar-refractivity contribution in [3.8, 4) is 11.1 Å². The lowest BCUT2D eigenvalue weighted by molar-refractivity contribution is 0.0860. The van der Waals surface area contributed by atoms with Crippen LogP contribution in [0.2, 0.25) is 10.0 Å². The number of halogens is 2. The van der Waals surface area contributed by atoms with Gasteiger partial charge in [0, 0.05) is 11.8 Å². The summed E-state index contributed by atoms with van der Waals surface area (Å²) in [6.45, 7) is 11.3. The third-order valence-corrected chi connectivity index (χ3v) is 7.28. The number of nitrogens with zero attached hydrogens (tertiary/aromatic N) is 1.